The minimum atomic E-state index is -0.0514. The van der Waals surface area contributed by atoms with Gasteiger partial charge in [0.1, 0.15) is 0 Å². The first kappa shape index (κ1) is 15.3. The molecular formula is C19H19N3OS. The Morgan fingerprint density at radius 3 is 2.88 bits per heavy atom. The Kier molecular flexibility index (Phi) is 3.81. The number of nitrogens with one attached hydrogen (secondary N) is 1. The minimum absolute atomic E-state index is 0.00781. The second-order valence-electron chi connectivity index (χ2n) is 6.41. The zero-order valence-corrected chi connectivity index (χ0v) is 14.6. The largest absolute Gasteiger partial charge is 0.343 e. The van der Waals surface area contributed by atoms with Gasteiger partial charge in [0.25, 0.3) is 5.91 Å². The van der Waals surface area contributed by atoms with Crippen molar-refractivity contribution in [1.29, 1.82) is 0 Å². The van der Waals surface area contributed by atoms with Crippen LogP contribution in [0.3, 0.4) is 0 Å². The summed E-state index contributed by atoms with van der Waals surface area (Å²) < 4.78 is 1.11. The van der Waals surface area contributed by atoms with Crippen LogP contribution in [0.1, 0.15) is 45.5 Å². The van der Waals surface area contributed by atoms with E-state index in [1.165, 1.54) is 0 Å². The number of hydrogen-bond acceptors (Lipinski definition) is 4. The number of fused-ring (bicyclic) bond motifs is 1. The van der Waals surface area contributed by atoms with Crippen molar-refractivity contribution in [3.63, 3.8) is 0 Å². The van der Waals surface area contributed by atoms with E-state index in [0.717, 1.165) is 39.3 Å². The first-order chi connectivity index (χ1) is 11.6. The van der Waals surface area contributed by atoms with Crippen LogP contribution >= 0.6 is 11.3 Å². The van der Waals surface area contributed by atoms with Crippen molar-refractivity contribution in [2.45, 2.75) is 32.7 Å². The lowest BCUT2D eigenvalue weighted by molar-refractivity contribution is 0.0930. The number of rotatable bonds is 4. The van der Waals surface area contributed by atoms with Crippen LogP contribution in [0, 0.1) is 19.8 Å². The number of thiazole rings is 1. The van der Waals surface area contributed by atoms with E-state index in [-0.39, 0.29) is 11.9 Å². The topological polar surface area (TPSA) is 54.9 Å². The standard InChI is InChI=1S/C19H19N3OS/c1-11-4-3-9-20-17(11)18(13-5-6-13)22-19(23)14-7-8-16-15(10-14)21-12(2)24-16/h3-4,7-10,13,18H,5-6H2,1-2H3,(H,22,23)/t18-/m1/s1. The third-order valence-corrected chi connectivity index (χ3v) is 5.43. The first-order valence-corrected chi connectivity index (χ1v) is 9.03. The molecule has 24 heavy (non-hydrogen) atoms. The van der Waals surface area contributed by atoms with E-state index in [4.69, 9.17) is 0 Å². The van der Waals surface area contributed by atoms with Gasteiger partial charge in [0.05, 0.1) is 27.0 Å². The summed E-state index contributed by atoms with van der Waals surface area (Å²) >= 11 is 1.65. The zero-order chi connectivity index (χ0) is 16.7. The Bertz CT molecular complexity index is 914. The van der Waals surface area contributed by atoms with Crippen LogP contribution in [0.25, 0.3) is 10.2 Å². The van der Waals surface area contributed by atoms with Gasteiger partial charge in [-0.05, 0) is 62.4 Å². The molecule has 0 saturated heterocycles. The van der Waals surface area contributed by atoms with Crippen molar-refractivity contribution >= 4 is 27.5 Å². The van der Waals surface area contributed by atoms with E-state index in [2.05, 4.69) is 15.3 Å². The summed E-state index contributed by atoms with van der Waals surface area (Å²) in [4.78, 5) is 21.8. The Labute approximate surface area is 145 Å². The van der Waals surface area contributed by atoms with Crippen LogP contribution in [0.2, 0.25) is 0 Å². The van der Waals surface area contributed by atoms with E-state index < -0.39 is 0 Å². The number of nitrogens with zero attached hydrogens (tertiary/aromatic N) is 2. The molecule has 1 amide bonds. The van der Waals surface area contributed by atoms with Crippen LogP contribution in [-0.4, -0.2) is 15.9 Å². The highest BCUT2D eigenvalue weighted by Gasteiger charge is 2.35. The molecule has 3 aromatic rings. The fourth-order valence-corrected chi connectivity index (χ4v) is 3.88. The van der Waals surface area contributed by atoms with Gasteiger partial charge in [-0.25, -0.2) is 4.98 Å². The molecular weight excluding hydrogens is 318 g/mol. The Balaban J connectivity index is 1.61. The number of carbonyl (C=O) groups is 1. The number of aromatic nitrogens is 2. The fraction of sp³-hybridized carbons (Fsp3) is 0.316. The van der Waals surface area contributed by atoms with E-state index in [9.17, 15) is 4.79 Å². The van der Waals surface area contributed by atoms with Crippen molar-refractivity contribution in [2.75, 3.05) is 0 Å². The van der Waals surface area contributed by atoms with E-state index in [1.807, 2.05) is 44.2 Å². The summed E-state index contributed by atoms with van der Waals surface area (Å²) in [6.07, 6.45) is 4.09. The maximum atomic E-state index is 12.8. The van der Waals surface area contributed by atoms with Gasteiger partial charge in [0.15, 0.2) is 0 Å². The SMILES string of the molecule is Cc1nc2cc(C(=O)N[C@@H](c3ncccc3C)C3CC3)ccc2s1. The lowest BCUT2D eigenvalue weighted by Crippen LogP contribution is -2.31. The number of pyridine rings is 1. The fourth-order valence-electron chi connectivity index (χ4n) is 3.07. The molecule has 1 aliphatic rings. The molecule has 1 saturated carbocycles. The van der Waals surface area contributed by atoms with Gasteiger partial charge in [-0.2, -0.15) is 0 Å². The normalized spacial score (nSPS) is 15.4. The number of aryl methyl sites for hydroxylation is 2. The van der Waals surface area contributed by atoms with Crippen molar-refractivity contribution in [3.8, 4) is 0 Å². The quantitative estimate of drug-likeness (QED) is 0.776. The molecule has 5 heteroatoms. The van der Waals surface area contributed by atoms with Crippen molar-refractivity contribution in [3.05, 3.63) is 58.4 Å². The van der Waals surface area contributed by atoms with Gasteiger partial charge in [-0.1, -0.05) is 6.07 Å². The van der Waals surface area contributed by atoms with Crippen molar-refractivity contribution in [2.24, 2.45) is 5.92 Å². The summed E-state index contributed by atoms with van der Waals surface area (Å²) in [6.45, 7) is 4.03. The highest BCUT2D eigenvalue weighted by atomic mass is 32.1. The van der Waals surface area contributed by atoms with Gasteiger partial charge in [0.2, 0.25) is 0 Å². The Hall–Kier alpha value is -2.27. The number of amides is 1. The molecule has 0 radical (unpaired) electrons. The average molecular weight is 337 g/mol. The summed E-state index contributed by atoms with van der Waals surface area (Å²) in [5, 5.41) is 4.21. The van der Waals surface area contributed by atoms with Gasteiger partial charge in [-0.3, -0.25) is 9.78 Å². The molecule has 2 heterocycles. The molecule has 122 valence electrons. The van der Waals surface area contributed by atoms with Gasteiger partial charge < -0.3 is 5.32 Å². The summed E-state index contributed by atoms with van der Waals surface area (Å²) in [5.41, 5.74) is 3.66. The van der Waals surface area contributed by atoms with Gasteiger partial charge >= 0.3 is 0 Å². The Morgan fingerprint density at radius 1 is 1.29 bits per heavy atom. The summed E-state index contributed by atoms with van der Waals surface area (Å²) in [5.74, 6) is 0.442. The van der Waals surface area contributed by atoms with Crippen molar-refractivity contribution in [1.82, 2.24) is 15.3 Å². The van der Waals surface area contributed by atoms with Gasteiger partial charge in [-0.15, -0.1) is 11.3 Å². The third kappa shape index (κ3) is 2.91. The molecule has 1 fully saturated rings. The third-order valence-electron chi connectivity index (χ3n) is 4.48. The first-order valence-electron chi connectivity index (χ1n) is 8.21. The summed E-state index contributed by atoms with van der Waals surface area (Å²) in [6, 6.07) is 9.71. The molecule has 1 aliphatic carbocycles. The Morgan fingerprint density at radius 2 is 2.12 bits per heavy atom. The predicted octanol–water partition coefficient (Wildman–Crippen LogP) is 4.19. The van der Waals surface area contributed by atoms with Crippen molar-refractivity contribution < 1.29 is 4.79 Å². The molecule has 4 rings (SSSR count). The van der Waals surface area contributed by atoms with Gasteiger partial charge in [0, 0.05) is 11.8 Å². The second kappa shape index (κ2) is 5.98. The van der Waals surface area contributed by atoms with E-state index in [1.54, 1.807) is 17.5 Å². The molecule has 0 aliphatic heterocycles. The average Bonchev–Trinajstić information content (AvgIpc) is 3.33. The number of hydrogen-bond donors (Lipinski definition) is 1. The van der Waals surface area contributed by atoms with E-state index >= 15 is 0 Å². The molecule has 1 atom stereocenters. The molecule has 4 nitrogen and oxygen atoms in total. The smallest absolute Gasteiger partial charge is 0.251 e. The van der Waals surface area contributed by atoms with E-state index in [0.29, 0.717) is 11.5 Å². The van der Waals surface area contributed by atoms with Crippen LogP contribution in [0.5, 0.6) is 0 Å². The molecule has 0 spiro atoms. The maximum absolute atomic E-state index is 12.8. The lowest BCUT2D eigenvalue weighted by Gasteiger charge is -2.19. The van der Waals surface area contributed by atoms with Crippen LogP contribution in [0.4, 0.5) is 0 Å². The molecule has 1 N–H and O–H groups in total. The monoisotopic (exact) mass is 337 g/mol. The second-order valence-corrected chi connectivity index (χ2v) is 7.64. The number of carbonyl (C=O) groups excluding carboxylic acids is 1. The maximum Gasteiger partial charge on any atom is 0.251 e. The zero-order valence-electron chi connectivity index (χ0n) is 13.7. The molecule has 0 unspecified atom stereocenters. The lowest BCUT2D eigenvalue weighted by atomic mass is 10.0. The highest BCUT2D eigenvalue weighted by Crippen LogP contribution is 2.41. The summed E-state index contributed by atoms with van der Waals surface area (Å²) in [7, 11) is 0. The molecule has 0 bridgehead atoms. The van der Waals surface area contributed by atoms with Crippen LogP contribution < -0.4 is 5.32 Å². The minimum Gasteiger partial charge on any atom is -0.343 e. The molecule has 2 aromatic heterocycles. The highest BCUT2D eigenvalue weighted by molar-refractivity contribution is 7.18. The predicted molar refractivity (Wildman–Crippen MR) is 96.3 cm³/mol. The van der Waals surface area contributed by atoms with Crippen LogP contribution in [-0.2, 0) is 0 Å². The number of benzene rings is 1. The van der Waals surface area contributed by atoms with Crippen LogP contribution in [0.15, 0.2) is 36.5 Å². The molecule has 1 aromatic carbocycles.